The van der Waals surface area contributed by atoms with Crippen LogP contribution in [0.1, 0.15) is 258 Å². The second-order valence-electron chi connectivity index (χ2n) is 17.7. The molecular weight excluding hydrogens is 793 g/mol. The van der Waals surface area contributed by atoms with Crippen LogP contribution < -0.4 is 0 Å². The summed E-state index contributed by atoms with van der Waals surface area (Å²) in [6.07, 6.45) is 66.0. The molecule has 0 aliphatic heterocycles. The van der Waals surface area contributed by atoms with Crippen LogP contribution in [0, 0.1) is 0 Å². The number of carbonyl (C=O) groups excluding carboxylic acids is 3. The van der Waals surface area contributed by atoms with Gasteiger partial charge in [0.1, 0.15) is 13.2 Å². The molecule has 0 fully saturated rings. The molecule has 0 radical (unpaired) electrons. The third-order valence-corrected chi connectivity index (χ3v) is 11.4. The lowest BCUT2D eigenvalue weighted by molar-refractivity contribution is -0.167. The molecule has 1 atom stereocenters. The van der Waals surface area contributed by atoms with Crippen molar-refractivity contribution in [3.8, 4) is 0 Å². The first-order chi connectivity index (χ1) is 31.5. The van der Waals surface area contributed by atoms with Crippen molar-refractivity contribution in [3.63, 3.8) is 0 Å². The highest BCUT2D eigenvalue weighted by Crippen LogP contribution is 2.14. The smallest absolute Gasteiger partial charge is 0.306 e. The summed E-state index contributed by atoms with van der Waals surface area (Å²) in [4.78, 5) is 38.0. The maximum absolute atomic E-state index is 12.8. The Morgan fingerprint density at radius 2 is 0.609 bits per heavy atom. The van der Waals surface area contributed by atoms with Crippen molar-refractivity contribution in [3.05, 3.63) is 72.9 Å². The summed E-state index contributed by atoms with van der Waals surface area (Å²) in [6.45, 7) is 6.47. The predicted molar refractivity (Wildman–Crippen MR) is 274 cm³/mol. The first-order valence-corrected chi connectivity index (χ1v) is 26.9. The summed E-state index contributed by atoms with van der Waals surface area (Å²) in [5.41, 5.74) is 0. The Bertz CT molecular complexity index is 1210. The summed E-state index contributed by atoms with van der Waals surface area (Å²) < 4.78 is 16.8. The zero-order valence-corrected chi connectivity index (χ0v) is 42.0. The topological polar surface area (TPSA) is 78.9 Å². The van der Waals surface area contributed by atoms with E-state index in [0.717, 1.165) is 109 Å². The van der Waals surface area contributed by atoms with Gasteiger partial charge in [-0.15, -0.1) is 0 Å². The van der Waals surface area contributed by atoms with Gasteiger partial charge in [-0.2, -0.15) is 0 Å². The molecule has 0 saturated heterocycles. The second kappa shape index (κ2) is 52.5. The van der Waals surface area contributed by atoms with E-state index in [0.29, 0.717) is 19.3 Å². The SMILES string of the molecule is CC/C=C\C/C=C\C/C=C\CCCCCC(=O)OCC(COC(=O)CCCCCCCCC/C=C\CCCCCCCC)OC(=O)CCCCCCC/C=C\C/C=C\CCCCCC. The second-order valence-corrected chi connectivity index (χ2v) is 17.7. The summed E-state index contributed by atoms with van der Waals surface area (Å²) in [5.74, 6) is -0.938. The van der Waals surface area contributed by atoms with Crippen molar-refractivity contribution in [1.29, 1.82) is 0 Å². The first kappa shape index (κ1) is 60.9. The molecule has 0 aromatic carbocycles. The van der Waals surface area contributed by atoms with E-state index in [2.05, 4.69) is 93.7 Å². The van der Waals surface area contributed by atoms with Crippen molar-refractivity contribution in [2.24, 2.45) is 0 Å². The fourth-order valence-corrected chi connectivity index (χ4v) is 7.36. The van der Waals surface area contributed by atoms with E-state index in [1.165, 1.54) is 109 Å². The van der Waals surface area contributed by atoms with Gasteiger partial charge in [0, 0.05) is 19.3 Å². The molecule has 0 aromatic heterocycles. The third kappa shape index (κ3) is 49.9. The van der Waals surface area contributed by atoms with Crippen molar-refractivity contribution < 1.29 is 28.6 Å². The number of hydrogen-bond acceptors (Lipinski definition) is 6. The van der Waals surface area contributed by atoms with Gasteiger partial charge in [-0.1, -0.05) is 203 Å². The Balaban J connectivity index is 4.43. The number of unbranched alkanes of at least 4 members (excludes halogenated alkanes) is 25. The van der Waals surface area contributed by atoms with Crippen LogP contribution in [0.2, 0.25) is 0 Å². The van der Waals surface area contributed by atoms with Gasteiger partial charge < -0.3 is 14.2 Å². The largest absolute Gasteiger partial charge is 0.462 e. The lowest BCUT2D eigenvalue weighted by atomic mass is 10.1. The van der Waals surface area contributed by atoms with Gasteiger partial charge in [-0.25, -0.2) is 0 Å². The van der Waals surface area contributed by atoms with Gasteiger partial charge in [0.25, 0.3) is 0 Å². The average Bonchev–Trinajstić information content (AvgIpc) is 3.29. The van der Waals surface area contributed by atoms with Crippen molar-refractivity contribution in [1.82, 2.24) is 0 Å². The van der Waals surface area contributed by atoms with Crippen LogP contribution in [-0.2, 0) is 28.6 Å². The fourth-order valence-electron chi connectivity index (χ4n) is 7.36. The minimum Gasteiger partial charge on any atom is -0.462 e. The van der Waals surface area contributed by atoms with Gasteiger partial charge in [0.15, 0.2) is 6.10 Å². The van der Waals surface area contributed by atoms with E-state index in [9.17, 15) is 14.4 Å². The molecule has 0 bridgehead atoms. The number of allylic oxidation sites excluding steroid dienone is 12. The molecular formula is C58H100O6. The van der Waals surface area contributed by atoms with E-state index in [-0.39, 0.29) is 31.1 Å². The van der Waals surface area contributed by atoms with Crippen LogP contribution in [0.15, 0.2) is 72.9 Å². The Labute approximate surface area is 395 Å². The number of hydrogen-bond donors (Lipinski definition) is 0. The molecule has 1 unspecified atom stereocenters. The molecule has 6 heteroatoms. The molecule has 0 aliphatic rings. The molecule has 368 valence electrons. The van der Waals surface area contributed by atoms with Gasteiger partial charge >= 0.3 is 17.9 Å². The van der Waals surface area contributed by atoms with Crippen molar-refractivity contribution in [2.45, 2.75) is 264 Å². The summed E-state index contributed by atoms with van der Waals surface area (Å²) in [6, 6.07) is 0. The Morgan fingerprint density at radius 1 is 0.328 bits per heavy atom. The van der Waals surface area contributed by atoms with E-state index in [4.69, 9.17) is 14.2 Å². The fraction of sp³-hybridized carbons (Fsp3) is 0.741. The van der Waals surface area contributed by atoms with Crippen molar-refractivity contribution >= 4 is 17.9 Å². The Morgan fingerprint density at radius 3 is 1.00 bits per heavy atom. The quantitative estimate of drug-likeness (QED) is 0.0262. The van der Waals surface area contributed by atoms with Crippen LogP contribution in [0.4, 0.5) is 0 Å². The molecule has 0 N–H and O–H groups in total. The van der Waals surface area contributed by atoms with E-state index in [1.54, 1.807) is 0 Å². The molecule has 0 aromatic rings. The molecule has 0 spiro atoms. The van der Waals surface area contributed by atoms with Crippen LogP contribution in [0.3, 0.4) is 0 Å². The first-order valence-electron chi connectivity index (χ1n) is 26.9. The van der Waals surface area contributed by atoms with Crippen LogP contribution >= 0.6 is 0 Å². The molecule has 0 amide bonds. The molecule has 6 nitrogen and oxygen atoms in total. The zero-order valence-electron chi connectivity index (χ0n) is 42.0. The zero-order chi connectivity index (χ0) is 46.5. The average molecular weight is 893 g/mol. The number of ether oxygens (including phenoxy) is 3. The normalized spacial score (nSPS) is 12.6. The minimum atomic E-state index is -0.796. The maximum atomic E-state index is 12.8. The van der Waals surface area contributed by atoms with Crippen LogP contribution in [0.5, 0.6) is 0 Å². The van der Waals surface area contributed by atoms with E-state index < -0.39 is 6.10 Å². The van der Waals surface area contributed by atoms with Gasteiger partial charge in [-0.05, 0) is 109 Å². The lowest BCUT2D eigenvalue weighted by Crippen LogP contribution is -2.30. The predicted octanol–water partition coefficient (Wildman–Crippen LogP) is 17.8. The monoisotopic (exact) mass is 893 g/mol. The van der Waals surface area contributed by atoms with Crippen molar-refractivity contribution in [2.75, 3.05) is 13.2 Å². The number of esters is 3. The summed E-state index contributed by atoms with van der Waals surface area (Å²) in [5, 5.41) is 0. The minimum absolute atomic E-state index is 0.0928. The summed E-state index contributed by atoms with van der Waals surface area (Å²) in [7, 11) is 0. The highest BCUT2D eigenvalue weighted by molar-refractivity contribution is 5.71. The third-order valence-electron chi connectivity index (χ3n) is 11.4. The van der Waals surface area contributed by atoms with Gasteiger partial charge in [0.05, 0.1) is 0 Å². The molecule has 0 rings (SSSR count). The van der Waals surface area contributed by atoms with Gasteiger partial charge in [0.2, 0.25) is 0 Å². The Hall–Kier alpha value is -3.15. The van der Waals surface area contributed by atoms with E-state index in [1.807, 2.05) is 0 Å². The standard InChI is InChI=1S/C58H100O6/c1-4-7-10-13-16-19-22-25-27-29-31-33-36-39-42-45-48-51-57(60)63-54-55(53-62-56(59)50-47-44-41-38-35-32-24-21-18-15-12-9-6-3)64-58(61)52-49-46-43-40-37-34-30-28-26-23-20-17-14-11-8-5-2/h9,12,18,20-21,23,25,27-28,30,32,35,55H,4-8,10-11,13-17,19,22,24,26,29,31,33-34,36-54H2,1-3H3/b12-9-,21-18-,23-20-,27-25-,30-28-,35-32-. The Kier molecular flexibility index (Phi) is 49.9. The maximum Gasteiger partial charge on any atom is 0.306 e. The molecule has 0 saturated carbocycles. The van der Waals surface area contributed by atoms with Crippen LogP contribution in [0.25, 0.3) is 0 Å². The highest BCUT2D eigenvalue weighted by atomic mass is 16.6. The molecule has 0 heterocycles. The number of rotatable bonds is 48. The van der Waals surface area contributed by atoms with E-state index >= 15 is 0 Å². The lowest BCUT2D eigenvalue weighted by Gasteiger charge is -2.18. The summed E-state index contributed by atoms with van der Waals surface area (Å²) >= 11 is 0. The number of carbonyl (C=O) groups is 3. The van der Waals surface area contributed by atoms with Gasteiger partial charge in [-0.3, -0.25) is 14.4 Å². The molecule has 0 aliphatic carbocycles. The van der Waals surface area contributed by atoms with Crippen LogP contribution in [-0.4, -0.2) is 37.2 Å². The highest BCUT2D eigenvalue weighted by Gasteiger charge is 2.19. The molecule has 64 heavy (non-hydrogen) atoms.